The van der Waals surface area contributed by atoms with E-state index in [0.29, 0.717) is 17.0 Å². The zero-order valence-corrected chi connectivity index (χ0v) is 17.6. The molecule has 1 heterocycles. The van der Waals surface area contributed by atoms with E-state index in [1.807, 2.05) is 45.9 Å². The van der Waals surface area contributed by atoms with Crippen molar-refractivity contribution in [3.63, 3.8) is 0 Å². The summed E-state index contributed by atoms with van der Waals surface area (Å²) >= 11 is 1.40. The van der Waals surface area contributed by atoms with Gasteiger partial charge >= 0.3 is 5.97 Å². The molecular weight excluding hydrogens is 372 g/mol. The van der Waals surface area contributed by atoms with E-state index >= 15 is 0 Å². The molecule has 3 aromatic rings. The zero-order valence-electron chi connectivity index (χ0n) is 16.8. The molecule has 5 nitrogen and oxygen atoms in total. The van der Waals surface area contributed by atoms with Gasteiger partial charge in [0.25, 0.3) is 5.91 Å². The molecule has 0 N–H and O–H groups in total. The molecule has 0 unspecified atom stereocenters. The van der Waals surface area contributed by atoms with Gasteiger partial charge in [0.05, 0.1) is 16.8 Å². The summed E-state index contributed by atoms with van der Waals surface area (Å²) in [5.41, 5.74) is 5.87. The number of ether oxygens (including phenoxy) is 1. The minimum absolute atomic E-state index is 0.0232. The van der Waals surface area contributed by atoms with Crippen molar-refractivity contribution in [2.75, 3.05) is 6.61 Å². The number of benzene rings is 2. The number of aromatic nitrogens is 1. The highest BCUT2D eigenvalue weighted by Crippen LogP contribution is 2.22. The number of amides is 1. The van der Waals surface area contributed by atoms with E-state index in [0.717, 1.165) is 32.5 Å². The first kappa shape index (κ1) is 20.0. The maximum absolute atomic E-state index is 12.8. The molecule has 0 bridgehead atoms. The molecule has 0 aliphatic rings. The Bertz CT molecular complexity index is 1140. The molecule has 28 heavy (non-hydrogen) atoms. The van der Waals surface area contributed by atoms with E-state index in [1.165, 1.54) is 11.3 Å². The molecular formula is C22H24N2O3S. The van der Waals surface area contributed by atoms with Crippen LogP contribution in [0.5, 0.6) is 0 Å². The molecule has 2 aromatic carbocycles. The van der Waals surface area contributed by atoms with Crippen LogP contribution in [0.2, 0.25) is 0 Å². The summed E-state index contributed by atoms with van der Waals surface area (Å²) < 4.78 is 7.86. The van der Waals surface area contributed by atoms with Gasteiger partial charge in [0.15, 0.2) is 4.80 Å². The maximum atomic E-state index is 12.8. The summed E-state index contributed by atoms with van der Waals surface area (Å²) in [7, 11) is 0. The van der Waals surface area contributed by atoms with Crippen LogP contribution in [-0.2, 0) is 16.1 Å². The monoisotopic (exact) mass is 396 g/mol. The molecule has 0 fully saturated rings. The Morgan fingerprint density at radius 3 is 2.36 bits per heavy atom. The Kier molecular flexibility index (Phi) is 5.79. The van der Waals surface area contributed by atoms with E-state index in [1.54, 1.807) is 17.6 Å². The summed E-state index contributed by atoms with van der Waals surface area (Å²) in [5.74, 6) is -0.666. The van der Waals surface area contributed by atoms with Crippen LogP contribution in [0.15, 0.2) is 35.3 Å². The van der Waals surface area contributed by atoms with Gasteiger partial charge in [-0.1, -0.05) is 17.4 Å². The number of carbonyl (C=O) groups is 2. The van der Waals surface area contributed by atoms with Crippen molar-refractivity contribution in [1.29, 1.82) is 0 Å². The second-order valence-corrected chi connectivity index (χ2v) is 7.91. The van der Waals surface area contributed by atoms with Gasteiger partial charge in [-0.15, -0.1) is 0 Å². The maximum Gasteiger partial charge on any atom is 0.326 e. The fraction of sp³-hybridized carbons (Fsp3) is 0.318. The number of hydrogen-bond donors (Lipinski definition) is 0. The lowest BCUT2D eigenvalue weighted by molar-refractivity contribution is -0.143. The summed E-state index contributed by atoms with van der Waals surface area (Å²) in [6.45, 7) is 10.2. The fourth-order valence-corrected chi connectivity index (χ4v) is 4.03. The minimum atomic E-state index is -0.347. The molecule has 0 spiro atoms. The van der Waals surface area contributed by atoms with Crippen LogP contribution >= 0.6 is 11.3 Å². The van der Waals surface area contributed by atoms with Crippen LogP contribution in [-0.4, -0.2) is 23.1 Å². The lowest BCUT2D eigenvalue weighted by atomic mass is 10.1. The molecule has 0 radical (unpaired) electrons. The Hall–Kier alpha value is -2.73. The highest BCUT2D eigenvalue weighted by atomic mass is 32.1. The molecule has 0 saturated heterocycles. The summed E-state index contributed by atoms with van der Waals surface area (Å²) in [5, 5.41) is 0. The zero-order chi connectivity index (χ0) is 20.4. The van der Waals surface area contributed by atoms with Gasteiger partial charge in [-0.05, 0) is 81.1 Å². The Morgan fingerprint density at radius 2 is 1.68 bits per heavy atom. The third kappa shape index (κ3) is 4.07. The second-order valence-electron chi connectivity index (χ2n) is 6.90. The van der Waals surface area contributed by atoms with Gasteiger partial charge in [0, 0.05) is 5.56 Å². The molecule has 1 amide bonds. The predicted molar refractivity (Wildman–Crippen MR) is 112 cm³/mol. The van der Waals surface area contributed by atoms with Gasteiger partial charge in [-0.3, -0.25) is 9.59 Å². The number of hydrogen-bond acceptors (Lipinski definition) is 4. The predicted octanol–water partition coefficient (Wildman–Crippen LogP) is 4.24. The molecule has 1 aromatic heterocycles. The lowest BCUT2D eigenvalue weighted by Crippen LogP contribution is -2.23. The Morgan fingerprint density at radius 1 is 1.00 bits per heavy atom. The van der Waals surface area contributed by atoms with Crippen LogP contribution in [0.4, 0.5) is 0 Å². The van der Waals surface area contributed by atoms with Crippen molar-refractivity contribution in [3.05, 3.63) is 63.0 Å². The van der Waals surface area contributed by atoms with Crippen molar-refractivity contribution in [1.82, 2.24) is 4.57 Å². The third-order valence-electron chi connectivity index (χ3n) is 4.84. The SMILES string of the molecule is CCOC(=O)Cn1c(=NC(=O)c2ccc(C)c(C)c2)sc2cc(C)c(C)cc21. The van der Waals surface area contributed by atoms with Gasteiger partial charge < -0.3 is 9.30 Å². The van der Waals surface area contributed by atoms with E-state index in [2.05, 4.69) is 11.1 Å². The smallest absolute Gasteiger partial charge is 0.326 e. The van der Waals surface area contributed by atoms with Crippen LogP contribution < -0.4 is 4.80 Å². The van der Waals surface area contributed by atoms with E-state index in [-0.39, 0.29) is 18.4 Å². The Balaban J connectivity index is 2.14. The van der Waals surface area contributed by atoms with Crippen molar-refractivity contribution < 1.29 is 14.3 Å². The number of thiazole rings is 1. The minimum Gasteiger partial charge on any atom is -0.465 e. The molecule has 146 valence electrons. The standard InChI is InChI=1S/C22H24N2O3S/c1-6-27-20(25)12-24-18-10-15(4)16(5)11-19(18)28-22(24)23-21(26)17-8-7-13(2)14(3)9-17/h7-11H,6,12H2,1-5H3. The third-order valence-corrected chi connectivity index (χ3v) is 5.88. The molecule has 6 heteroatoms. The van der Waals surface area contributed by atoms with Crippen molar-refractivity contribution in [2.24, 2.45) is 4.99 Å². The second kappa shape index (κ2) is 8.10. The van der Waals surface area contributed by atoms with Gasteiger partial charge in [0.2, 0.25) is 0 Å². The largest absolute Gasteiger partial charge is 0.465 e. The quantitative estimate of drug-likeness (QED) is 0.620. The van der Waals surface area contributed by atoms with Crippen molar-refractivity contribution in [3.8, 4) is 0 Å². The van der Waals surface area contributed by atoms with Crippen molar-refractivity contribution in [2.45, 2.75) is 41.2 Å². The highest BCUT2D eigenvalue weighted by Gasteiger charge is 2.14. The number of fused-ring (bicyclic) bond motifs is 1. The Labute approximate surface area is 168 Å². The summed E-state index contributed by atoms with van der Waals surface area (Å²) in [4.78, 5) is 29.7. The number of rotatable bonds is 4. The van der Waals surface area contributed by atoms with Crippen LogP contribution in [0, 0.1) is 27.7 Å². The summed E-state index contributed by atoms with van der Waals surface area (Å²) in [6, 6.07) is 9.64. The molecule has 0 atom stereocenters. The normalized spacial score (nSPS) is 11.8. The van der Waals surface area contributed by atoms with Crippen molar-refractivity contribution >= 4 is 33.4 Å². The number of nitrogens with zero attached hydrogens (tertiary/aromatic N) is 2. The lowest BCUT2D eigenvalue weighted by Gasteiger charge is -2.07. The van der Waals surface area contributed by atoms with Gasteiger partial charge in [-0.25, -0.2) is 0 Å². The van der Waals surface area contributed by atoms with Gasteiger partial charge in [-0.2, -0.15) is 4.99 Å². The fourth-order valence-electron chi connectivity index (χ4n) is 2.92. The highest BCUT2D eigenvalue weighted by molar-refractivity contribution is 7.16. The molecule has 0 aliphatic heterocycles. The van der Waals surface area contributed by atoms with E-state index in [9.17, 15) is 9.59 Å². The first-order valence-electron chi connectivity index (χ1n) is 9.22. The first-order chi connectivity index (χ1) is 13.3. The van der Waals surface area contributed by atoms with Crippen LogP contribution in [0.1, 0.15) is 39.5 Å². The molecule has 0 aliphatic carbocycles. The average Bonchev–Trinajstić information content (AvgIpc) is 2.94. The molecule has 0 saturated carbocycles. The van der Waals surface area contributed by atoms with E-state index < -0.39 is 0 Å². The van der Waals surface area contributed by atoms with E-state index in [4.69, 9.17) is 4.74 Å². The van der Waals surface area contributed by atoms with Crippen LogP contribution in [0.3, 0.4) is 0 Å². The van der Waals surface area contributed by atoms with Gasteiger partial charge in [0.1, 0.15) is 6.54 Å². The topological polar surface area (TPSA) is 60.7 Å². The van der Waals surface area contributed by atoms with Crippen LogP contribution in [0.25, 0.3) is 10.2 Å². The average molecular weight is 397 g/mol. The molecule has 3 rings (SSSR count). The summed E-state index contributed by atoms with van der Waals surface area (Å²) in [6.07, 6.45) is 0. The number of esters is 1. The number of carbonyl (C=O) groups excluding carboxylic acids is 2. The first-order valence-corrected chi connectivity index (χ1v) is 10.0. The number of aryl methyl sites for hydroxylation is 4.